The van der Waals surface area contributed by atoms with Crippen molar-refractivity contribution in [2.24, 2.45) is 5.41 Å². The minimum atomic E-state index is -0.581. The molecule has 0 fully saturated rings. The fourth-order valence-electron chi connectivity index (χ4n) is 1.53. The second-order valence-electron chi connectivity index (χ2n) is 4.43. The summed E-state index contributed by atoms with van der Waals surface area (Å²) in [4.78, 5) is 10.2. The molecular formula is C12H14N2O3. The van der Waals surface area contributed by atoms with E-state index in [0.717, 1.165) is 0 Å². The lowest BCUT2D eigenvalue weighted by Crippen LogP contribution is -2.12. The molecule has 0 unspecified atom stereocenters. The lowest BCUT2D eigenvalue weighted by atomic mass is 9.87. The van der Waals surface area contributed by atoms with Crippen molar-refractivity contribution >= 4 is 5.69 Å². The molecule has 0 bridgehead atoms. The van der Waals surface area contributed by atoms with Gasteiger partial charge in [-0.15, -0.1) is 0 Å². The Kier molecular flexibility index (Phi) is 3.69. The van der Waals surface area contributed by atoms with Crippen LogP contribution >= 0.6 is 0 Å². The van der Waals surface area contributed by atoms with Crippen LogP contribution < -0.4 is 4.74 Å². The molecule has 0 aromatic heterocycles. The highest BCUT2D eigenvalue weighted by molar-refractivity contribution is 5.44. The monoisotopic (exact) mass is 234 g/mol. The van der Waals surface area contributed by atoms with E-state index in [4.69, 9.17) is 10.00 Å². The van der Waals surface area contributed by atoms with Crippen molar-refractivity contribution in [1.82, 2.24) is 0 Å². The van der Waals surface area contributed by atoms with E-state index in [-0.39, 0.29) is 5.69 Å². The van der Waals surface area contributed by atoms with E-state index in [2.05, 4.69) is 6.07 Å². The Labute approximate surface area is 99.8 Å². The molecule has 5 heteroatoms. The number of rotatable bonds is 4. The lowest BCUT2D eigenvalue weighted by Gasteiger charge is -2.16. The van der Waals surface area contributed by atoms with E-state index >= 15 is 0 Å². The molecule has 5 nitrogen and oxygen atoms in total. The molecule has 0 aliphatic heterocycles. The first kappa shape index (κ1) is 13.0. The summed E-state index contributed by atoms with van der Waals surface area (Å²) < 4.78 is 5.14. The maximum absolute atomic E-state index is 10.7. The van der Waals surface area contributed by atoms with E-state index in [1.54, 1.807) is 19.9 Å². The van der Waals surface area contributed by atoms with Crippen molar-refractivity contribution in [2.45, 2.75) is 20.3 Å². The smallest absolute Gasteiger partial charge is 0.269 e. The van der Waals surface area contributed by atoms with Crippen LogP contribution in [0.25, 0.3) is 0 Å². The summed E-state index contributed by atoms with van der Waals surface area (Å²) in [6.45, 7) is 3.57. The Morgan fingerprint density at radius 3 is 2.65 bits per heavy atom. The molecule has 1 aromatic rings. The number of ether oxygens (including phenoxy) is 1. The summed E-state index contributed by atoms with van der Waals surface area (Å²) in [5.41, 5.74) is 0.102. The molecular weight excluding hydrogens is 220 g/mol. The van der Waals surface area contributed by atoms with Crippen LogP contribution in [0, 0.1) is 26.9 Å². The van der Waals surface area contributed by atoms with Crippen molar-refractivity contribution in [2.75, 3.05) is 7.11 Å². The number of hydrogen-bond donors (Lipinski definition) is 0. The van der Waals surface area contributed by atoms with E-state index in [1.807, 2.05) is 0 Å². The Morgan fingerprint density at radius 2 is 2.18 bits per heavy atom. The predicted octanol–water partition coefficient (Wildman–Crippen LogP) is 2.70. The van der Waals surface area contributed by atoms with Crippen LogP contribution in [0.5, 0.6) is 5.75 Å². The van der Waals surface area contributed by atoms with Gasteiger partial charge in [0.05, 0.1) is 23.5 Å². The van der Waals surface area contributed by atoms with Crippen LogP contribution in [0.3, 0.4) is 0 Å². The highest BCUT2D eigenvalue weighted by Gasteiger charge is 2.21. The second kappa shape index (κ2) is 4.83. The average Bonchev–Trinajstić information content (AvgIpc) is 2.28. The fraction of sp³-hybridized carbons (Fsp3) is 0.417. The minimum absolute atomic E-state index is 0.00883. The molecule has 0 aliphatic carbocycles. The summed E-state index contributed by atoms with van der Waals surface area (Å²) in [5.74, 6) is 0.568. The van der Waals surface area contributed by atoms with Gasteiger partial charge in [0, 0.05) is 17.7 Å². The van der Waals surface area contributed by atoms with Gasteiger partial charge in [-0.1, -0.05) is 0 Å². The molecule has 0 saturated carbocycles. The highest BCUT2D eigenvalue weighted by atomic mass is 16.6. The van der Waals surface area contributed by atoms with E-state index < -0.39 is 10.3 Å². The molecule has 0 saturated heterocycles. The van der Waals surface area contributed by atoms with E-state index in [1.165, 1.54) is 19.2 Å². The Bertz CT molecular complexity index is 475. The van der Waals surface area contributed by atoms with Crippen LogP contribution in [0.2, 0.25) is 0 Å². The van der Waals surface area contributed by atoms with Crippen molar-refractivity contribution in [3.05, 3.63) is 33.9 Å². The third-order valence-corrected chi connectivity index (χ3v) is 2.41. The molecule has 0 amide bonds. The summed E-state index contributed by atoms with van der Waals surface area (Å²) in [6.07, 6.45) is 0.411. The third-order valence-electron chi connectivity index (χ3n) is 2.41. The van der Waals surface area contributed by atoms with Gasteiger partial charge in [-0.25, -0.2) is 0 Å². The summed E-state index contributed by atoms with van der Waals surface area (Å²) >= 11 is 0. The topological polar surface area (TPSA) is 76.2 Å². The van der Waals surface area contributed by atoms with Gasteiger partial charge in [0.25, 0.3) is 5.69 Å². The molecule has 0 radical (unpaired) electrons. The number of hydrogen-bond acceptors (Lipinski definition) is 4. The van der Waals surface area contributed by atoms with Gasteiger partial charge in [0.1, 0.15) is 5.75 Å². The van der Waals surface area contributed by atoms with Crippen molar-refractivity contribution < 1.29 is 9.66 Å². The second-order valence-corrected chi connectivity index (χ2v) is 4.43. The Hall–Kier alpha value is -2.09. The SMILES string of the molecule is COc1ccc([N+](=O)[O-])cc1CC(C)(C)C#N. The number of nitro groups is 1. The molecule has 0 N–H and O–H groups in total. The quantitative estimate of drug-likeness (QED) is 0.592. The number of methoxy groups -OCH3 is 1. The number of nitrogens with zero attached hydrogens (tertiary/aromatic N) is 2. The van der Waals surface area contributed by atoms with Crippen LogP contribution in [0.1, 0.15) is 19.4 Å². The number of non-ortho nitro benzene ring substituents is 1. The highest BCUT2D eigenvalue weighted by Crippen LogP contribution is 2.30. The molecule has 1 rings (SSSR count). The Balaban J connectivity index is 3.16. The van der Waals surface area contributed by atoms with Gasteiger partial charge in [0.2, 0.25) is 0 Å². The molecule has 90 valence electrons. The van der Waals surface area contributed by atoms with E-state index in [0.29, 0.717) is 17.7 Å². The largest absolute Gasteiger partial charge is 0.496 e. The molecule has 0 heterocycles. The van der Waals surface area contributed by atoms with Crippen LogP contribution in [-0.2, 0) is 6.42 Å². The van der Waals surface area contributed by atoms with Crippen molar-refractivity contribution in [3.8, 4) is 11.8 Å². The van der Waals surface area contributed by atoms with Gasteiger partial charge < -0.3 is 4.74 Å². The zero-order valence-electron chi connectivity index (χ0n) is 10.1. The summed E-state index contributed by atoms with van der Waals surface area (Å²) in [7, 11) is 1.50. The standard InChI is InChI=1S/C12H14N2O3/c1-12(2,8-13)7-9-6-10(14(15)16)4-5-11(9)17-3/h4-6H,7H2,1-3H3. The average molecular weight is 234 g/mol. The maximum atomic E-state index is 10.7. The molecule has 0 spiro atoms. The van der Waals surface area contributed by atoms with Gasteiger partial charge in [-0.3, -0.25) is 10.1 Å². The Morgan fingerprint density at radius 1 is 1.53 bits per heavy atom. The predicted molar refractivity (Wildman–Crippen MR) is 62.7 cm³/mol. The van der Waals surface area contributed by atoms with Crippen LogP contribution in [0.4, 0.5) is 5.69 Å². The molecule has 17 heavy (non-hydrogen) atoms. The van der Waals surface area contributed by atoms with Crippen LogP contribution in [0.15, 0.2) is 18.2 Å². The normalized spacial score (nSPS) is 10.7. The molecule has 0 aliphatic rings. The molecule has 0 atom stereocenters. The molecule has 1 aromatic carbocycles. The number of nitro benzene ring substituents is 1. The zero-order valence-corrected chi connectivity index (χ0v) is 10.1. The lowest BCUT2D eigenvalue weighted by molar-refractivity contribution is -0.384. The number of nitriles is 1. The summed E-state index contributed by atoms with van der Waals surface area (Å²) in [5, 5.41) is 19.7. The first-order chi connectivity index (χ1) is 7.89. The van der Waals surface area contributed by atoms with Crippen molar-refractivity contribution in [1.29, 1.82) is 5.26 Å². The maximum Gasteiger partial charge on any atom is 0.269 e. The first-order valence-corrected chi connectivity index (χ1v) is 5.12. The third kappa shape index (κ3) is 3.18. The fourth-order valence-corrected chi connectivity index (χ4v) is 1.53. The first-order valence-electron chi connectivity index (χ1n) is 5.12. The van der Waals surface area contributed by atoms with E-state index in [9.17, 15) is 10.1 Å². The van der Waals surface area contributed by atoms with Gasteiger partial charge in [0.15, 0.2) is 0 Å². The minimum Gasteiger partial charge on any atom is -0.496 e. The van der Waals surface area contributed by atoms with Gasteiger partial charge in [-0.2, -0.15) is 5.26 Å². The van der Waals surface area contributed by atoms with Crippen LogP contribution in [-0.4, -0.2) is 12.0 Å². The van der Waals surface area contributed by atoms with Gasteiger partial charge in [-0.05, 0) is 26.3 Å². The van der Waals surface area contributed by atoms with Crippen molar-refractivity contribution in [3.63, 3.8) is 0 Å². The van der Waals surface area contributed by atoms with Gasteiger partial charge >= 0.3 is 0 Å². The number of benzene rings is 1. The summed E-state index contributed by atoms with van der Waals surface area (Å²) in [6, 6.07) is 6.57. The zero-order chi connectivity index (χ0) is 13.1.